The van der Waals surface area contributed by atoms with Crippen molar-refractivity contribution in [3.8, 4) is 5.75 Å². The maximum absolute atomic E-state index is 11.3. The SMILES string of the molecule is Nc1cc(CC2SC(=O)NC2=O)ccc1O. The fourth-order valence-corrected chi connectivity index (χ4v) is 2.33. The fourth-order valence-electron chi connectivity index (χ4n) is 1.47. The first-order valence-electron chi connectivity index (χ1n) is 4.65. The summed E-state index contributed by atoms with van der Waals surface area (Å²) in [6.45, 7) is 0. The zero-order valence-corrected chi connectivity index (χ0v) is 9.08. The van der Waals surface area contributed by atoms with Crippen LogP contribution in [0.4, 0.5) is 10.5 Å². The Hall–Kier alpha value is -1.69. The number of hydrogen-bond donors (Lipinski definition) is 3. The van der Waals surface area contributed by atoms with Crippen molar-refractivity contribution >= 4 is 28.6 Å². The van der Waals surface area contributed by atoms with Crippen LogP contribution in [0.1, 0.15) is 5.56 Å². The first kappa shape index (κ1) is 10.8. The third-order valence-electron chi connectivity index (χ3n) is 2.28. The summed E-state index contributed by atoms with van der Waals surface area (Å²) in [5, 5.41) is 10.7. The predicted octanol–water partition coefficient (Wildman–Crippen LogP) is 0.869. The molecule has 1 aromatic rings. The molecule has 0 spiro atoms. The van der Waals surface area contributed by atoms with Gasteiger partial charge >= 0.3 is 0 Å². The van der Waals surface area contributed by atoms with Crippen molar-refractivity contribution < 1.29 is 14.7 Å². The normalized spacial score (nSPS) is 19.9. The van der Waals surface area contributed by atoms with Crippen LogP contribution in [0, 0.1) is 0 Å². The lowest BCUT2D eigenvalue weighted by atomic mass is 10.1. The summed E-state index contributed by atoms with van der Waals surface area (Å²) < 4.78 is 0. The average molecular weight is 238 g/mol. The fraction of sp³-hybridized carbons (Fsp3) is 0.200. The molecule has 84 valence electrons. The monoisotopic (exact) mass is 238 g/mol. The van der Waals surface area contributed by atoms with Gasteiger partial charge in [-0.15, -0.1) is 0 Å². The molecule has 1 unspecified atom stereocenters. The highest BCUT2D eigenvalue weighted by molar-refractivity contribution is 8.15. The molecule has 0 aliphatic carbocycles. The largest absolute Gasteiger partial charge is 0.506 e. The number of nitrogen functional groups attached to an aromatic ring is 1. The van der Waals surface area contributed by atoms with E-state index in [1.165, 1.54) is 6.07 Å². The smallest absolute Gasteiger partial charge is 0.286 e. The van der Waals surface area contributed by atoms with Crippen molar-refractivity contribution in [1.29, 1.82) is 0 Å². The number of aromatic hydroxyl groups is 1. The third-order valence-corrected chi connectivity index (χ3v) is 3.26. The molecule has 6 heteroatoms. The van der Waals surface area contributed by atoms with E-state index in [2.05, 4.69) is 5.32 Å². The molecule has 0 bridgehead atoms. The van der Waals surface area contributed by atoms with Crippen LogP contribution in [0.3, 0.4) is 0 Å². The van der Waals surface area contributed by atoms with Crippen molar-refractivity contribution in [2.24, 2.45) is 0 Å². The number of phenols is 1. The Balaban J connectivity index is 2.12. The van der Waals surface area contributed by atoms with Crippen LogP contribution >= 0.6 is 11.8 Å². The third kappa shape index (κ3) is 2.11. The summed E-state index contributed by atoms with van der Waals surface area (Å²) in [6, 6.07) is 4.76. The Kier molecular flexibility index (Phi) is 2.74. The number of benzene rings is 1. The van der Waals surface area contributed by atoms with E-state index in [-0.39, 0.29) is 22.6 Å². The molecular formula is C10H10N2O3S. The Labute approximate surface area is 96.0 Å². The molecule has 1 fully saturated rings. The lowest BCUT2D eigenvalue weighted by Crippen LogP contribution is -2.25. The van der Waals surface area contributed by atoms with E-state index in [1.807, 2.05) is 0 Å². The lowest BCUT2D eigenvalue weighted by Gasteiger charge is -2.06. The van der Waals surface area contributed by atoms with Gasteiger partial charge in [-0.05, 0) is 24.1 Å². The second kappa shape index (κ2) is 4.05. The molecule has 1 aliphatic heterocycles. The van der Waals surface area contributed by atoms with Crippen LogP contribution in [0.15, 0.2) is 18.2 Å². The van der Waals surface area contributed by atoms with Gasteiger partial charge < -0.3 is 10.8 Å². The van der Waals surface area contributed by atoms with Crippen molar-refractivity contribution in [2.75, 3.05) is 5.73 Å². The Morgan fingerprint density at radius 1 is 1.44 bits per heavy atom. The standard InChI is InChI=1S/C10H10N2O3S/c11-6-3-5(1-2-7(6)13)4-8-9(14)12-10(15)16-8/h1-3,8,13H,4,11H2,(H,12,14,15). The van der Waals surface area contributed by atoms with Crippen LogP contribution in [0.25, 0.3) is 0 Å². The second-order valence-corrected chi connectivity index (χ2v) is 4.66. The van der Waals surface area contributed by atoms with Crippen molar-refractivity contribution in [3.63, 3.8) is 0 Å². The van der Waals surface area contributed by atoms with E-state index in [1.54, 1.807) is 12.1 Å². The lowest BCUT2D eigenvalue weighted by molar-refractivity contribution is -0.118. The summed E-state index contributed by atoms with van der Waals surface area (Å²) in [6.07, 6.45) is 0.423. The molecule has 1 aliphatic rings. The summed E-state index contributed by atoms with van der Waals surface area (Å²) >= 11 is 0.976. The number of rotatable bonds is 2. The number of phenolic OH excluding ortho intramolecular Hbond substituents is 1. The first-order chi connectivity index (χ1) is 7.56. The zero-order valence-electron chi connectivity index (χ0n) is 8.27. The minimum absolute atomic E-state index is 0.0170. The summed E-state index contributed by atoms with van der Waals surface area (Å²) in [5.74, 6) is -0.259. The van der Waals surface area contributed by atoms with Gasteiger partial charge in [0.2, 0.25) is 5.91 Å². The maximum Gasteiger partial charge on any atom is 0.286 e. The Bertz CT molecular complexity index is 461. The van der Waals surface area contributed by atoms with Crippen LogP contribution in [0.5, 0.6) is 5.75 Å². The van der Waals surface area contributed by atoms with Crippen LogP contribution in [-0.2, 0) is 11.2 Å². The molecule has 5 nitrogen and oxygen atoms in total. The topological polar surface area (TPSA) is 92.4 Å². The number of carbonyl (C=O) groups excluding carboxylic acids is 2. The highest BCUT2D eigenvalue weighted by atomic mass is 32.2. The van der Waals surface area contributed by atoms with Gasteiger partial charge in [0.05, 0.1) is 10.9 Å². The van der Waals surface area contributed by atoms with Gasteiger partial charge in [0, 0.05) is 0 Å². The molecule has 1 heterocycles. The van der Waals surface area contributed by atoms with Crippen LogP contribution in [0.2, 0.25) is 0 Å². The first-order valence-corrected chi connectivity index (χ1v) is 5.53. The van der Waals surface area contributed by atoms with Crippen LogP contribution in [-0.4, -0.2) is 21.5 Å². The van der Waals surface area contributed by atoms with E-state index in [0.717, 1.165) is 17.3 Å². The molecule has 2 amide bonds. The number of carbonyl (C=O) groups is 2. The molecule has 0 aromatic heterocycles. The van der Waals surface area contributed by atoms with E-state index in [4.69, 9.17) is 5.73 Å². The maximum atomic E-state index is 11.3. The zero-order chi connectivity index (χ0) is 11.7. The highest BCUT2D eigenvalue weighted by Crippen LogP contribution is 2.26. The van der Waals surface area contributed by atoms with E-state index in [0.29, 0.717) is 6.42 Å². The Morgan fingerprint density at radius 2 is 2.19 bits per heavy atom. The van der Waals surface area contributed by atoms with Gasteiger partial charge in [0.15, 0.2) is 0 Å². The number of imide groups is 1. The molecule has 1 saturated heterocycles. The molecule has 0 saturated carbocycles. The molecule has 0 radical (unpaired) electrons. The predicted molar refractivity (Wildman–Crippen MR) is 61.1 cm³/mol. The van der Waals surface area contributed by atoms with E-state index < -0.39 is 5.25 Å². The Morgan fingerprint density at radius 3 is 2.75 bits per heavy atom. The van der Waals surface area contributed by atoms with Crippen molar-refractivity contribution in [3.05, 3.63) is 23.8 Å². The second-order valence-electron chi connectivity index (χ2n) is 3.48. The number of nitrogens with two attached hydrogens (primary N) is 1. The van der Waals surface area contributed by atoms with Gasteiger partial charge in [0.25, 0.3) is 5.24 Å². The minimum atomic E-state index is -0.406. The van der Waals surface area contributed by atoms with Crippen LogP contribution < -0.4 is 11.1 Å². The summed E-state index contributed by atoms with van der Waals surface area (Å²) in [4.78, 5) is 22.2. The highest BCUT2D eigenvalue weighted by Gasteiger charge is 2.31. The van der Waals surface area contributed by atoms with Gasteiger partial charge in [-0.25, -0.2) is 0 Å². The van der Waals surface area contributed by atoms with E-state index in [9.17, 15) is 14.7 Å². The van der Waals surface area contributed by atoms with Gasteiger partial charge in [-0.3, -0.25) is 14.9 Å². The summed E-state index contributed by atoms with van der Waals surface area (Å²) in [7, 11) is 0. The molecule has 2 rings (SSSR count). The van der Waals surface area contributed by atoms with Gasteiger partial charge in [-0.2, -0.15) is 0 Å². The molecule has 1 aromatic carbocycles. The van der Waals surface area contributed by atoms with Crippen molar-refractivity contribution in [2.45, 2.75) is 11.7 Å². The molecule has 16 heavy (non-hydrogen) atoms. The summed E-state index contributed by atoms with van der Waals surface area (Å²) in [5.41, 5.74) is 6.62. The number of amides is 2. The molecule has 1 atom stereocenters. The minimum Gasteiger partial charge on any atom is -0.506 e. The number of anilines is 1. The molecular weight excluding hydrogens is 228 g/mol. The number of thioether (sulfide) groups is 1. The molecule has 4 N–H and O–H groups in total. The van der Waals surface area contributed by atoms with E-state index >= 15 is 0 Å². The number of hydrogen-bond acceptors (Lipinski definition) is 5. The van der Waals surface area contributed by atoms with Crippen molar-refractivity contribution in [1.82, 2.24) is 5.32 Å². The van der Waals surface area contributed by atoms with Gasteiger partial charge in [-0.1, -0.05) is 17.8 Å². The number of nitrogens with one attached hydrogen (secondary N) is 1. The van der Waals surface area contributed by atoms with Gasteiger partial charge in [0.1, 0.15) is 5.75 Å². The quantitative estimate of drug-likeness (QED) is 0.525. The average Bonchev–Trinajstić information content (AvgIpc) is 2.51.